The van der Waals surface area contributed by atoms with Crippen molar-refractivity contribution in [2.75, 3.05) is 13.2 Å². The molecule has 0 aromatic heterocycles. The largest absolute Gasteiger partial charge is 0.347 e. The molecule has 1 saturated heterocycles. The first-order chi connectivity index (χ1) is 8.00. The van der Waals surface area contributed by atoms with Crippen molar-refractivity contribution in [1.82, 2.24) is 0 Å². The maximum Gasteiger partial charge on any atom is 0.174 e. The molecular formula is C14H20O3. The number of Topliss-reactive ketones (excluding diaryl/α,β-unsaturated/α-hetero) is 1. The fourth-order valence-electron chi connectivity index (χ4n) is 5.36. The highest BCUT2D eigenvalue weighted by Crippen LogP contribution is 2.85. The Kier molecular flexibility index (Phi) is 1.62. The van der Waals surface area contributed by atoms with Gasteiger partial charge in [0.15, 0.2) is 5.79 Å². The standard InChI is InChI=1S/C14H20O3/c1-11-5-6-14(16-7-8-17-14)12(2)9-13(11,12)4-3-10(11)15/h3-9H2,1-2H3/t11-,12?,13+/m1/s1. The van der Waals surface area contributed by atoms with Crippen LogP contribution < -0.4 is 0 Å². The van der Waals surface area contributed by atoms with Gasteiger partial charge in [-0.3, -0.25) is 4.79 Å². The smallest absolute Gasteiger partial charge is 0.174 e. The number of hydrogen-bond donors (Lipinski definition) is 0. The zero-order valence-electron chi connectivity index (χ0n) is 10.7. The molecule has 1 unspecified atom stereocenters. The van der Waals surface area contributed by atoms with E-state index in [1.165, 1.54) is 0 Å². The van der Waals surface area contributed by atoms with Crippen molar-refractivity contribution in [3.8, 4) is 0 Å². The maximum atomic E-state index is 12.2. The van der Waals surface area contributed by atoms with Crippen molar-refractivity contribution in [2.45, 2.75) is 51.7 Å². The number of ketones is 1. The van der Waals surface area contributed by atoms with Crippen LogP contribution in [-0.4, -0.2) is 24.8 Å². The summed E-state index contributed by atoms with van der Waals surface area (Å²) in [5, 5.41) is 0. The Morgan fingerprint density at radius 2 is 1.76 bits per heavy atom. The highest BCUT2D eigenvalue weighted by atomic mass is 16.7. The first-order valence-corrected chi connectivity index (χ1v) is 6.81. The van der Waals surface area contributed by atoms with Crippen LogP contribution in [0, 0.1) is 16.2 Å². The third-order valence-corrected chi connectivity index (χ3v) is 6.59. The first kappa shape index (κ1) is 10.5. The van der Waals surface area contributed by atoms with Crippen molar-refractivity contribution in [3.05, 3.63) is 0 Å². The fourth-order valence-corrected chi connectivity index (χ4v) is 5.36. The van der Waals surface area contributed by atoms with Gasteiger partial charge in [0.25, 0.3) is 0 Å². The summed E-state index contributed by atoms with van der Waals surface area (Å²) in [7, 11) is 0. The molecule has 1 heterocycles. The molecule has 4 rings (SSSR count). The summed E-state index contributed by atoms with van der Waals surface area (Å²) in [6, 6.07) is 0. The van der Waals surface area contributed by atoms with Gasteiger partial charge < -0.3 is 9.47 Å². The van der Waals surface area contributed by atoms with E-state index in [9.17, 15) is 4.79 Å². The highest BCUT2D eigenvalue weighted by Gasteiger charge is 2.85. The van der Waals surface area contributed by atoms with Gasteiger partial charge in [-0.25, -0.2) is 0 Å². The molecule has 0 aromatic rings. The quantitative estimate of drug-likeness (QED) is 0.647. The minimum Gasteiger partial charge on any atom is -0.347 e. The molecule has 94 valence electrons. The van der Waals surface area contributed by atoms with Crippen LogP contribution in [0.15, 0.2) is 0 Å². The lowest BCUT2D eigenvalue weighted by Crippen LogP contribution is -2.51. The van der Waals surface area contributed by atoms with E-state index in [4.69, 9.17) is 9.47 Å². The number of carbonyl (C=O) groups is 1. The predicted molar refractivity (Wildman–Crippen MR) is 61.4 cm³/mol. The molecule has 3 saturated carbocycles. The zero-order chi connectivity index (χ0) is 11.9. The van der Waals surface area contributed by atoms with Crippen LogP contribution in [0.3, 0.4) is 0 Å². The molecule has 0 aromatic carbocycles. The van der Waals surface area contributed by atoms with Crippen LogP contribution in [0.2, 0.25) is 0 Å². The Balaban J connectivity index is 1.81. The van der Waals surface area contributed by atoms with Crippen LogP contribution in [0.4, 0.5) is 0 Å². The third-order valence-electron chi connectivity index (χ3n) is 6.59. The number of hydrogen-bond acceptors (Lipinski definition) is 3. The lowest BCUT2D eigenvalue weighted by molar-refractivity contribution is -0.240. The lowest BCUT2D eigenvalue weighted by atomic mass is 9.62. The molecule has 3 aliphatic carbocycles. The third kappa shape index (κ3) is 0.839. The lowest BCUT2D eigenvalue weighted by Gasteiger charge is -2.47. The van der Waals surface area contributed by atoms with Crippen LogP contribution >= 0.6 is 0 Å². The van der Waals surface area contributed by atoms with Gasteiger partial charge in [0, 0.05) is 23.7 Å². The summed E-state index contributed by atoms with van der Waals surface area (Å²) in [5.74, 6) is 0.117. The molecule has 3 atom stereocenters. The molecule has 0 bridgehead atoms. The summed E-state index contributed by atoms with van der Waals surface area (Å²) >= 11 is 0. The van der Waals surface area contributed by atoms with Gasteiger partial charge in [-0.05, 0) is 24.7 Å². The fraction of sp³-hybridized carbons (Fsp3) is 0.929. The van der Waals surface area contributed by atoms with Gasteiger partial charge in [-0.15, -0.1) is 0 Å². The first-order valence-electron chi connectivity index (χ1n) is 6.81. The Morgan fingerprint density at radius 3 is 2.47 bits per heavy atom. The van der Waals surface area contributed by atoms with Gasteiger partial charge >= 0.3 is 0 Å². The molecule has 0 N–H and O–H groups in total. The molecule has 0 amide bonds. The number of rotatable bonds is 0. The molecule has 3 heteroatoms. The van der Waals surface area contributed by atoms with Crippen molar-refractivity contribution in [2.24, 2.45) is 16.2 Å². The zero-order valence-corrected chi connectivity index (χ0v) is 10.7. The molecule has 1 aliphatic heterocycles. The van der Waals surface area contributed by atoms with Gasteiger partial charge in [-0.1, -0.05) is 13.8 Å². The Hall–Kier alpha value is -0.410. The SMILES string of the molecule is CC12C[C@]13CCC(=O)[C@@]3(C)CCC21OCCO1. The monoisotopic (exact) mass is 236 g/mol. The van der Waals surface area contributed by atoms with E-state index in [0.717, 1.165) is 45.3 Å². The van der Waals surface area contributed by atoms with Gasteiger partial charge in [0.1, 0.15) is 5.78 Å². The van der Waals surface area contributed by atoms with Crippen LogP contribution in [-0.2, 0) is 14.3 Å². The van der Waals surface area contributed by atoms with E-state index < -0.39 is 0 Å². The predicted octanol–water partition coefficient (Wildman–Crippen LogP) is 2.29. The van der Waals surface area contributed by atoms with Crippen molar-refractivity contribution in [3.63, 3.8) is 0 Å². The van der Waals surface area contributed by atoms with Crippen molar-refractivity contribution >= 4 is 5.78 Å². The van der Waals surface area contributed by atoms with E-state index in [-0.39, 0.29) is 22.0 Å². The molecule has 3 nitrogen and oxygen atoms in total. The Labute approximate surface area is 102 Å². The number of ether oxygens (including phenoxy) is 2. The summed E-state index contributed by atoms with van der Waals surface area (Å²) in [4.78, 5) is 12.2. The van der Waals surface area contributed by atoms with Gasteiger partial charge in [-0.2, -0.15) is 0 Å². The Morgan fingerprint density at radius 1 is 1.06 bits per heavy atom. The normalized spacial score (nSPS) is 54.8. The van der Waals surface area contributed by atoms with Crippen molar-refractivity contribution < 1.29 is 14.3 Å². The van der Waals surface area contributed by atoms with E-state index >= 15 is 0 Å². The van der Waals surface area contributed by atoms with Crippen LogP contribution in [0.25, 0.3) is 0 Å². The number of fused-ring (bicyclic) bond motifs is 1. The molecule has 4 fully saturated rings. The Bertz CT molecular complexity index is 412. The molecule has 17 heavy (non-hydrogen) atoms. The summed E-state index contributed by atoms with van der Waals surface area (Å²) in [5.41, 5.74) is 0.164. The minimum atomic E-state index is -0.364. The van der Waals surface area contributed by atoms with Gasteiger partial charge in [0.2, 0.25) is 0 Å². The maximum absolute atomic E-state index is 12.2. The average Bonchev–Trinajstić information content (AvgIpc) is 2.65. The summed E-state index contributed by atoms with van der Waals surface area (Å²) in [6.07, 6.45) is 4.77. The van der Waals surface area contributed by atoms with E-state index in [2.05, 4.69) is 13.8 Å². The van der Waals surface area contributed by atoms with E-state index in [1.54, 1.807) is 0 Å². The van der Waals surface area contributed by atoms with Crippen molar-refractivity contribution in [1.29, 1.82) is 0 Å². The van der Waals surface area contributed by atoms with Gasteiger partial charge in [0.05, 0.1) is 13.2 Å². The second-order valence-corrected chi connectivity index (χ2v) is 6.80. The molecular weight excluding hydrogens is 216 g/mol. The van der Waals surface area contributed by atoms with Crippen LogP contribution in [0.5, 0.6) is 0 Å². The topological polar surface area (TPSA) is 35.5 Å². The molecule has 4 aliphatic rings. The summed E-state index contributed by atoms with van der Waals surface area (Å²) < 4.78 is 12.0. The summed E-state index contributed by atoms with van der Waals surface area (Å²) in [6.45, 7) is 5.91. The second kappa shape index (κ2) is 2.62. The number of carbonyl (C=O) groups excluding carboxylic acids is 1. The van der Waals surface area contributed by atoms with E-state index in [1.807, 2.05) is 0 Å². The highest BCUT2D eigenvalue weighted by molar-refractivity contribution is 5.89. The second-order valence-electron chi connectivity index (χ2n) is 6.80. The average molecular weight is 236 g/mol. The molecule has 2 spiro atoms. The van der Waals surface area contributed by atoms with Crippen LogP contribution in [0.1, 0.15) is 46.0 Å². The van der Waals surface area contributed by atoms with E-state index in [0.29, 0.717) is 5.78 Å². The minimum absolute atomic E-state index is 0.0790. The molecule has 0 radical (unpaired) electrons.